The summed E-state index contributed by atoms with van der Waals surface area (Å²) in [5.74, 6) is -1.01. The molecule has 0 aliphatic carbocycles. The number of benzene rings is 1. The van der Waals surface area contributed by atoms with Crippen molar-refractivity contribution < 1.29 is 14.3 Å². The van der Waals surface area contributed by atoms with Crippen LogP contribution in [0.4, 0.5) is 5.69 Å². The van der Waals surface area contributed by atoms with Crippen LogP contribution in [0, 0.1) is 16.7 Å². The molecule has 0 saturated carbocycles. The Morgan fingerprint density at radius 3 is 2.50 bits per heavy atom. The second kappa shape index (κ2) is 5.32. The van der Waals surface area contributed by atoms with Crippen molar-refractivity contribution >= 4 is 17.6 Å². The molecule has 0 atom stereocenters. The molecule has 1 N–H and O–H groups in total. The summed E-state index contributed by atoms with van der Waals surface area (Å²) in [6.07, 6.45) is 0. The monoisotopic (exact) mass is 246 g/mol. The zero-order valence-corrected chi connectivity index (χ0v) is 10.5. The summed E-state index contributed by atoms with van der Waals surface area (Å²) in [6, 6.07) is 8.37. The lowest BCUT2D eigenvalue weighted by atomic mass is 9.94. The summed E-state index contributed by atoms with van der Waals surface area (Å²) < 4.78 is 4.62. The van der Waals surface area contributed by atoms with Crippen LogP contribution in [0.2, 0.25) is 0 Å². The first-order valence-electron chi connectivity index (χ1n) is 5.32. The number of carbonyl (C=O) groups is 2. The van der Waals surface area contributed by atoms with Gasteiger partial charge in [0.25, 0.3) is 0 Å². The standard InChI is InChI=1S/C13H14N2O3/c1-13(2,8-14)12(17)15-10-7-5-4-6-9(10)11(16)18-3/h4-7H,1-3H3,(H,15,17). The van der Waals surface area contributed by atoms with E-state index in [1.54, 1.807) is 24.3 Å². The van der Waals surface area contributed by atoms with Crippen LogP contribution >= 0.6 is 0 Å². The summed E-state index contributed by atoms with van der Waals surface area (Å²) in [5.41, 5.74) is -0.580. The zero-order valence-electron chi connectivity index (χ0n) is 10.5. The molecule has 0 unspecified atom stereocenters. The van der Waals surface area contributed by atoms with Crippen LogP contribution in [0.15, 0.2) is 24.3 Å². The van der Waals surface area contributed by atoms with E-state index in [9.17, 15) is 9.59 Å². The van der Waals surface area contributed by atoms with E-state index < -0.39 is 17.3 Å². The Morgan fingerprint density at radius 2 is 1.94 bits per heavy atom. The minimum absolute atomic E-state index is 0.252. The van der Waals surface area contributed by atoms with E-state index in [1.807, 2.05) is 6.07 Å². The maximum Gasteiger partial charge on any atom is 0.339 e. The maximum atomic E-state index is 11.8. The van der Waals surface area contributed by atoms with Gasteiger partial charge in [-0.05, 0) is 26.0 Å². The number of para-hydroxylation sites is 1. The largest absolute Gasteiger partial charge is 0.465 e. The molecule has 0 aromatic heterocycles. The summed E-state index contributed by atoms with van der Waals surface area (Å²) in [7, 11) is 1.26. The summed E-state index contributed by atoms with van der Waals surface area (Å²) in [5, 5.41) is 11.4. The van der Waals surface area contributed by atoms with Crippen LogP contribution in [-0.4, -0.2) is 19.0 Å². The second-order valence-corrected chi connectivity index (χ2v) is 4.23. The molecule has 0 fully saturated rings. The predicted molar refractivity (Wildman–Crippen MR) is 65.8 cm³/mol. The second-order valence-electron chi connectivity index (χ2n) is 4.23. The third kappa shape index (κ3) is 2.86. The molecule has 5 heteroatoms. The van der Waals surface area contributed by atoms with Crippen LogP contribution in [0.5, 0.6) is 0 Å². The van der Waals surface area contributed by atoms with Crippen LogP contribution < -0.4 is 5.32 Å². The van der Waals surface area contributed by atoms with Crippen molar-refractivity contribution in [3.8, 4) is 6.07 Å². The van der Waals surface area contributed by atoms with Crippen molar-refractivity contribution in [3.05, 3.63) is 29.8 Å². The highest BCUT2D eigenvalue weighted by molar-refractivity contribution is 6.03. The normalized spacial score (nSPS) is 10.3. The topological polar surface area (TPSA) is 79.2 Å². The molecule has 1 aromatic carbocycles. The Balaban J connectivity index is 3.03. The Hall–Kier alpha value is -2.35. The van der Waals surface area contributed by atoms with E-state index in [2.05, 4.69) is 10.1 Å². The number of anilines is 1. The van der Waals surface area contributed by atoms with Gasteiger partial charge in [0.1, 0.15) is 5.41 Å². The molecule has 0 aliphatic heterocycles. The molecule has 0 radical (unpaired) electrons. The van der Waals surface area contributed by atoms with E-state index in [1.165, 1.54) is 21.0 Å². The van der Waals surface area contributed by atoms with Crippen molar-refractivity contribution in [1.82, 2.24) is 0 Å². The van der Waals surface area contributed by atoms with Gasteiger partial charge >= 0.3 is 5.97 Å². The van der Waals surface area contributed by atoms with E-state index in [0.717, 1.165) is 0 Å². The number of hydrogen-bond acceptors (Lipinski definition) is 4. The average Bonchev–Trinajstić information content (AvgIpc) is 2.38. The van der Waals surface area contributed by atoms with E-state index in [4.69, 9.17) is 5.26 Å². The Labute approximate surface area is 105 Å². The fourth-order valence-electron chi connectivity index (χ4n) is 1.21. The van der Waals surface area contributed by atoms with Gasteiger partial charge in [0.15, 0.2) is 0 Å². The van der Waals surface area contributed by atoms with Crippen molar-refractivity contribution in [1.29, 1.82) is 5.26 Å². The number of rotatable bonds is 3. The number of nitriles is 1. The lowest BCUT2D eigenvalue weighted by Crippen LogP contribution is -2.29. The first kappa shape index (κ1) is 13.7. The van der Waals surface area contributed by atoms with Gasteiger partial charge in [-0.1, -0.05) is 12.1 Å². The van der Waals surface area contributed by atoms with Gasteiger partial charge in [0.05, 0.1) is 24.4 Å². The number of ether oxygens (including phenoxy) is 1. The van der Waals surface area contributed by atoms with Gasteiger partial charge in [0.2, 0.25) is 5.91 Å². The quantitative estimate of drug-likeness (QED) is 0.827. The summed E-state index contributed by atoms with van der Waals surface area (Å²) in [4.78, 5) is 23.3. The first-order valence-corrected chi connectivity index (χ1v) is 5.32. The highest BCUT2D eigenvalue weighted by atomic mass is 16.5. The number of nitrogens with one attached hydrogen (secondary N) is 1. The van der Waals surface area contributed by atoms with Crippen molar-refractivity contribution in [3.63, 3.8) is 0 Å². The van der Waals surface area contributed by atoms with Crippen LogP contribution in [0.3, 0.4) is 0 Å². The molecule has 0 heterocycles. The fraction of sp³-hybridized carbons (Fsp3) is 0.308. The SMILES string of the molecule is COC(=O)c1ccccc1NC(=O)C(C)(C)C#N. The minimum Gasteiger partial charge on any atom is -0.465 e. The molecular formula is C13H14N2O3. The van der Waals surface area contributed by atoms with E-state index >= 15 is 0 Å². The molecule has 0 bridgehead atoms. The van der Waals surface area contributed by atoms with Crippen molar-refractivity contribution in [2.45, 2.75) is 13.8 Å². The van der Waals surface area contributed by atoms with Gasteiger partial charge in [-0.15, -0.1) is 0 Å². The Morgan fingerprint density at radius 1 is 1.33 bits per heavy atom. The number of methoxy groups -OCH3 is 1. The smallest absolute Gasteiger partial charge is 0.339 e. The summed E-state index contributed by atoms with van der Waals surface area (Å²) >= 11 is 0. The van der Waals surface area contributed by atoms with Crippen LogP contribution in [-0.2, 0) is 9.53 Å². The lowest BCUT2D eigenvalue weighted by molar-refractivity contribution is -0.121. The third-order valence-corrected chi connectivity index (χ3v) is 2.43. The van der Waals surface area contributed by atoms with Gasteiger partial charge in [0, 0.05) is 0 Å². The number of carbonyl (C=O) groups excluding carboxylic acids is 2. The van der Waals surface area contributed by atoms with Crippen LogP contribution in [0.25, 0.3) is 0 Å². The fourth-order valence-corrected chi connectivity index (χ4v) is 1.21. The van der Waals surface area contributed by atoms with E-state index in [0.29, 0.717) is 5.69 Å². The number of hydrogen-bond donors (Lipinski definition) is 1. The molecule has 0 spiro atoms. The number of esters is 1. The molecule has 5 nitrogen and oxygen atoms in total. The highest BCUT2D eigenvalue weighted by Gasteiger charge is 2.28. The van der Waals surface area contributed by atoms with E-state index in [-0.39, 0.29) is 5.56 Å². The minimum atomic E-state index is -1.16. The van der Waals surface area contributed by atoms with Gasteiger partial charge in [-0.2, -0.15) is 5.26 Å². The number of amides is 1. The molecule has 18 heavy (non-hydrogen) atoms. The average molecular weight is 246 g/mol. The first-order chi connectivity index (χ1) is 8.42. The van der Waals surface area contributed by atoms with Crippen molar-refractivity contribution in [2.75, 3.05) is 12.4 Å². The summed E-state index contributed by atoms with van der Waals surface area (Å²) in [6.45, 7) is 3.01. The molecule has 1 rings (SSSR count). The van der Waals surface area contributed by atoms with Gasteiger partial charge in [-0.25, -0.2) is 4.79 Å². The Kier molecular flexibility index (Phi) is 4.05. The molecule has 94 valence electrons. The van der Waals surface area contributed by atoms with Gasteiger partial charge in [-0.3, -0.25) is 4.79 Å². The molecule has 0 saturated heterocycles. The maximum absolute atomic E-state index is 11.8. The Bertz CT molecular complexity index is 515. The van der Waals surface area contributed by atoms with Crippen molar-refractivity contribution in [2.24, 2.45) is 5.41 Å². The van der Waals surface area contributed by atoms with Crippen LogP contribution in [0.1, 0.15) is 24.2 Å². The molecular weight excluding hydrogens is 232 g/mol. The number of nitrogens with zero attached hydrogens (tertiary/aromatic N) is 1. The van der Waals surface area contributed by atoms with Gasteiger partial charge < -0.3 is 10.1 Å². The zero-order chi connectivity index (χ0) is 13.8. The lowest BCUT2D eigenvalue weighted by Gasteiger charge is -2.16. The third-order valence-electron chi connectivity index (χ3n) is 2.43. The predicted octanol–water partition coefficient (Wildman–Crippen LogP) is 1.96. The molecule has 1 amide bonds. The molecule has 0 aliphatic rings. The highest BCUT2D eigenvalue weighted by Crippen LogP contribution is 2.20. The molecule has 1 aromatic rings.